The minimum atomic E-state index is -0.289. The molecule has 5 heteroatoms. The Balaban J connectivity index is 2.04. The molecule has 0 spiro atoms. The first-order valence-corrected chi connectivity index (χ1v) is 6.73. The first kappa shape index (κ1) is 13.1. The minimum Gasteiger partial charge on any atom is -0.378 e. The van der Waals surface area contributed by atoms with Gasteiger partial charge in [-0.25, -0.2) is 0 Å². The molecule has 0 atom stereocenters. The van der Waals surface area contributed by atoms with E-state index >= 15 is 0 Å². The van der Waals surface area contributed by atoms with Crippen LogP contribution in [0.2, 0.25) is 0 Å². The van der Waals surface area contributed by atoms with Gasteiger partial charge >= 0.3 is 0 Å². The fraction of sp³-hybridized carbons (Fsp3) is 0. The van der Waals surface area contributed by atoms with Crippen LogP contribution in [0.4, 0.5) is 0 Å². The molecule has 2 rings (SSSR count). The predicted octanol–water partition coefficient (Wildman–Crippen LogP) is 3.94. The molecule has 0 fully saturated rings. The minimum absolute atomic E-state index is 0.289. The van der Waals surface area contributed by atoms with Crippen molar-refractivity contribution in [2.24, 2.45) is 0 Å². The Labute approximate surface area is 121 Å². The van der Waals surface area contributed by atoms with Crippen LogP contribution in [0.15, 0.2) is 57.5 Å². The van der Waals surface area contributed by atoms with Crippen LogP contribution in [-0.4, -0.2) is 5.91 Å². The molecule has 0 aliphatic carbocycles. The number of nitrogens with one attached hydrogen (secondary N) is 1. The second kappa shape index (κ2) is 6.02. The molecule has 1 N–H and O–H groups in total. The third-order valence-corrected chi connectivity index (χ3v) is 3.33. The van der Waals surface area contributed by atoms with Crippen molar-refractivity contribution in [2.45, 2.75) is 0 Å². The third-order valence-electron chi connectivity index (χ3n) is 2.18. The van der Waals surface area contributed by atoms with Gasteiger partial charge in [0.1, 0.15) is 0 Å². The molecule has 3 nitrogen and oxygen atoms in total. The maximum Gasteiger partial charge on any atom is 0.283 e. The van der Waals surface area contributed by atoms with Gasteiger partial charge in [0.25, 0.3) is 5.91 Å². The number of benzene rings is 2. The van der Waals surface area contributed by atoms with Crippen molar-refractivity contribution < 1.29 is 9.63 Å². The standard InChI is InChI=1S/C13H9Br2NO2/c14-10-6-7-11(15)12(8-10)18-16-13(17)9-4-2-1-3-5-9/h1-8H,(H,16,17). The van der Waals surface area contributed by atoms with E-state index in [2.05, 4.69) is 37.3 Å². The van der Waals surface area contributed by atoms with E-state index in [-0.39, 0.29) is 5.91 Å². The number of hydroxylamine groups is 1. The highest BCUT2D eigenvalue weighted by Gasteiger charge is 2.07. The lowest BCUT2D eigenvalue weighted by Crippen LogP contribution is -2.27. The maximum atomic E-state index is 11.8. The lowest BCUT2D eigenvalue weighted by atomic mass is 10.2. The normalized spacial score (nSPS) is 9.89. The highest BCUT2D eigenvalue weighted by atomic mass is 79.9. The molecule has 92 valence electrons. The van der Waals surface area contributed by atoms with E-state index in [1.54, 1.807) is 30.3 Å². The van der Waals surface area contributed by atoms with Crippen molar-refractivity contribution in [3.8, 4) is 5.75 Å². The number of hydrogen-bond donors (Lipinski definition) is 1. The summed E-state index contributed by atoms with van der Waals surface area (Å²) in [6, 6.07) is 14.3. The van der Waals surface area contributed by atoms with Crippen molar-refractivity contribution in [1.29, 1.82) is 0 Å². The maximum absolute atomic E-state index is 11.8. The summed E-state index contributed by atoms with van der Waals surface area (Å²) in [6.45, 7) is 0. The Bertz CT molecular complexity index is 558. The van der Waals surface area contributed by atoms with Gasteiger partial charge in [0.2, 0.25) is 0 Å². The van der Waals surface area contributed by atoms with Crippen LogP contribution in [0.25, 0.3) is 0 Å². The SMILES string of the molecule is O=C(NOc1cc(Br)ccc1Br)c1ccccc1. The summed E-state index contributed by atoms with van der Waals surface area (Å²) in [5.74, 6) is 0.246. The van der Waals surface area contributed by atoms with Gasteiger partial charge in [-0.2, -0.15) is 5.48 Å². The van der Waals surface area contributed by atoms with Crippen molar-refractivity contribution in [3.63, 3.8) is 0 Å². The zero-order valence-corrected chi connectivity index (χ0v) is 12.4. The predicted molar refractivity (Wildman–Crippen MR) is 76.4 cm³/mol. The summed E-state index contributed by atoms with van der Waals surface area (Å²) in [5, 5.41) is 0. The smallest absolute Gasteiger partial charge is 0.283 e. The lowest BCUT2D eigenvalue weighted by molar-refractivity contribution is 0.0758. The molecule has 0 aliphatic heterocycles. The average Bonchev–Trinajstić information content (AvgIpc) is 2.40. The van der Waals surface area contributed by atoms with Crippen molar-refractivity contribution >= 4 is 37.8 Å². The zero-order valence-electron chi connectivity index (χ0n) is 9.19. The third kappa shape index (κ3) is 3.34. The molecule has 2 aromatic rings. The highest BCUT2D eigenvalue weighted by Crippen LogP contribution is 2.27. The van der Waals surface area contributed by atoms with E-state index in [0.29, 0.717) is 11.3 Å². The first-order valence-electron chi connectivity index (χ1n) is 5.14. The Kier molecular flexibility index (Phi) is 4.38. The Hall–Kier alpha value is -1.33. The summed E-state index contributed by atoms with van der Waals surface area (Å²) in [7, 11) is 0. The fourth-order valence-corrected chi connectivity index (χ4v) is 1.97. The first-order chi connectivity index (χ1) is 8.66. The monoisotopic (exact) mass is 369 g/mol. The Morgan fingerprint density at radius 1 is 1.06 bits per heavy atom. The van der Waals surface area contributed by atoms with Gasteiger partial charge in [-0.15, -0.1) is 0 Å². The molecule has 0 aromatic heterocycles. The van der Waals surface area contributed by atoms with E-state index in [0.717, 1.165) is 8.95 Å². The second-order valence-corrected chi connectivity index (χ2v) is 5.24. The summed E-state index contributed by atoms with van der Waals surface area (Å²) in [6.07, 6.45) is 0. The highest BCUT2D eigenvalue weighted by molar-refractivity contribution is 9.11. The van der Waals surface area contributed by atoms with E-state index in [4.69, 9.17) is 4.84 Å². The zero-order chi connectivity index (χ0) is 13.0. The van der Waals surface area contributed by atoms with Gasteiger partial charge in [0.05, 0.1) is 4.47 Å². The molecule has 0 saturated heterocycles. The van der Waals surface area contributed by atoms with Crippen LogP contribution >= 0.6 is 31.9 Å². The Morgan fingerprint density at radius 3 is 2.50 bits per heavy atom. The van der Waals surface area contributed by atoms with Gasteiger partial charge < -0.3 is 4.84 Å². The summed E-state index contributed by atoms with van der Waals surface area (Å²) in [5.41, 5.74) is 2.94. The van der Waals surface area contributed by atoms with E-state index < -0.39 is 0 Å². The molecular formula is C13H9Br2NO2. The molecule has 0 bridgehead atoms. The van der Waals surface area contributed by atoms with E-state index in [9.17, 15) is 4.79 Å². The number of halogens is 2. The molecule has 0 unspecified atom stereocenters. The average molecular weight is 371 g/mol. The molecular weight excluding hydrogens is 362 g/mol. The number of carbonyl (C=O) groups is 1. The number of amides is 1. The topological polar surface area (TPSA) is 38.3 Å². The van der Waals surface area contributed by atoms with Crippen molar-refractivity contribution in [2.75, 3.05) is 0 Å². The molecule has 0 radical (unpaired) electrons. The van der Waals surface area contributed by atoms with Crippen LogP contribution in [0.5, 0.6) is 5.75 Å². The van der Waals surface area contributed by atoms with Gasteiger partial charge in [0.15, 0.2) is 5.75 Å². The van der Waals surface area contributed by atoms with Crippen LogP contribution in [0.3, 0.4) is 0 Å². The molecule has 18 heavy (non-hydrogen) atoms. The quantitative estimate of drug-likeness (QED) is 0.831. The van der Waals surface area contributed by atoms with Crippen molar-refractivity contribution in [1.82, 2.24) is 5.48 Å². The lowest BCUT2D eigenvalue weighted by Gasteiger charge is -2.08. The van der Waals surface area contributed by atoms with Crippen molar-refractivity contribution in [3.05, 3.63) is 63.0 Å². The summed E-state index contributed by atoms with van der Waals surface area (Å²) in [4.78, 5) is 17.0. The van der Waals surface area contributed by atoms with Crippen LogP contribution in [0, 0.1) is 0 Å². The van der Waals surface area contributed by atoms with Gasteiger partial charge in [-0.1, -0.05) is 34.1 Å². The van der Waals surface area contributed by atoms with Gasteiger partial charge in [0, 0.05) is 10.0 Å². The van der Waals surface area contributed by atoms with E-state index in [1.165, 1.54) is 0 Å². The van der Waals surface area contributed by atoms with Crippen LogP contribution in [-0.2, 0) is 0 Å². The Morgan fingerprint density at radius 2 is 1.78 bits per heavy atom. The largest absolute Gasteiger partial charge is 0.378 e. The number of carbonyl (C=O) groups excluding carboxylic acids is 1. The number of hydrogen-bond acceptors (Lipinski definition) is 2. The summed E-state index contributed by atoms with van der Waals surface area (Å²) < 4.78 is 1.63. The van der Waals surface area contributed by atoms with Gasteiger partial charge in [-0.05, 0) is 46.3 Å². The van der Waals surface area contributed by atoms with Crippen LogP contribution in [0.1, 0.15) is 10.4 Å². The van der Waals surface area contributed by atoms with Gasteiger partial charge in [-0.3, -0.25) is 4.79 Å². The van der Waals surface area contributed by atoms with Crippen LogP contribution < -0.4 is 10.3 Å². The molecule has 1 amide bonds. The molecule has 0 saturated carbocycles. The number of rotatable bonds is 3. The second-order valence-electron chi connectivity index (χ2n) is 3.47. The fourth-order valence-electron chi connectivity index (χ4n) is 1.31. The summed E-state index contributed by atoms with van der Waals surface area (Å²) >= 11 is 6.67. The molecule has 0 aliphatic rings. The van der Waals surface area contributed by atoms with E-state index in [1.807, 2.05) is 18.2 Å². The molecule has 2 aromatic carbocycles. The molecule has 0 heterocycles.